The quantitative estimate of drug-likeness (QED) is 0.441. The summed E-state index contributed by atoms with van der Waals surface area (Å²) < 4.78 is 44.9. The Morgan fingerprint density at radius 1 is 0.906 bits per heavy atom. The Kier molecular flexibility index (Phi) is 6.45. The van der Waals surface area contributed by atoms with Crippen molar-refractivity contribution in [2.75, 3.05) is 41.9 Å². The van der Waals surface area contributed by atoms with Crippen molar-refractivity contribution in [3.05, 3.63) is 65.7 Å². The summed E-state index contributed by atoms with van der Waals surface area (Å²) in [4.78, 5) is 15.1. The average Bonchev–Trinajstić information content (AvgIpc) is 2.80. The van der Waals surface area contributed by atoms with Crippen LogP contribution in [0.4, 0.5) is 36.7 Å². The van der Waals surface area contributed by atoms with Gasteiger partial charge < -0.3 is 15.0 Å². The van der Waals surface area contributed by atoms with Crippen molar-refractivity contribution < 1.29 is 17.9 Å². The molecule has 0 radical (unpaired) electrons. The molecule has 32 heavy (non-hydrogen) atoms. The Hall–Kier alpha value is -3.73. The third-order valence-corrected chi connectivity index (χ3v) is 4.58. The highest BCUT2D eigenvalue weighted by Gasteiger charge is 2.32. The number of ether oxygens (including phenoxy) is 1. The first-order chi connectivity index (χ1) is 15.5. The van der Waals surface area contributed by atoms with Crippen molar-refractivity contribution in [1.29, 1.82) is 0 Å². The number of nitrogens with one attached hydrogen (secondary N) is 2. The molecule has 1 saturated heterocycles. The molecule has 0 saturated carbocycles. The van der Waals surface area contributed by atoms with E-state index in [0.717, 1.165) is 18.0 Å². The topological polar surface area (TPSA) is 87.6 Å². The average molecular weight is 443 g/mol. The number of halogens is 3. The molecule has 0 aliphatic carbocycles. The maximum absolute atomic E-state index is 13.2. The standard InChI is InChI=1S/C21H20F3N7O/c22-21(23,24)17-9-5-4-6-15(17)14-25-30-19-27-18(26-16-7-2-1-3-8-16)28-20(29-19)31-10-12-32-13-11-31/h1-9,14H,10-13H2,(H2,26,27,28,29,30). The summed E-state index contributed by atoms with van der Waals surface area (Å²) in [7, 11) is 0. The Labute approximate surface area is 182 Å². The lowest BCUT2D eigenvalue weighted by atomic mass is 10.1. The van der Waals surface area contributed by atoms with Crippen molar-refractivity contribution in [3.8, 4) is 0 Å². The number of hydrogen-bond donors (Lipinski definition) is 2. The number of hydrazone groups is 1. The van der Waals surface area contributed by atoms with Gasteiger partial charge in [-0.3, -0.25) is 0 Å². The van der Waals surface area contributed by atoms with E-state index in [4.69, 9.17) is 4.74 Å². The summed E-state index contributed by atoms with van der Waals surface area (Å²) >= 11 is 0. The molecule has 8 nitrogen and oxygen atoms in total. The second-order valence-corrected chi connectivity index (χ2v) is 6.83. The number of anilines is 4. The second kappa shape index (κ2) is 9.60. The zero-order chi connectivity index (χ0) is 22.4. The minimum atomic E-state index is -4.48. The summed E-state index contributed by atoms with van der Waals surface area (Å²) in [5.74, 6) is 0.789. The fourth-order valence-electron chi connectivity index (χ4n) is 3.05. The van der Waals surface area contributed by atoms with Crippen LogP contribution >= 0.6 is 0 Å². The van der Waals surface area contributed by atoms with Gasteiger partial charge in [0.25, 0.3) is 0 Å². The molecule has 0 amide bonds. The number of benzene rings is 2. The van der Waals surface area contributed by atoms with Gasteiger partial charge in [-0.2, -0.15) is 33.2 Å². The molecule has 2 N–H and O–H groups in total. The molecule has 1 aromatic heterocycles. The first-order valence-corrected chi connectivity index (χ1v) is 9.85. The van der Waals surface area contributed by atoms with Crippen molar-refractivity contribution in [2.24, 2.45) is 5.10 Å². The van der Waals surface area contributed by atoms with E-state index in [1.807, 2.05) is 35.2 Å². The predicted molar refractivity (Wildman–Crippen MR) is 115 cm³/mol. The fraction of sp³-hybridized carbons (Fsp3) is 0.238. The number of alkyl halides is 3. The molecular formula is C21H20F3N7O. The van der Waals surface area contributed by atoms with E-state index >= 15 is 0 Å². The third kappa shape index (κ3) is 5.49. The van der Waals surface area contributed by atoms with Gasteiger partial charge in [0.05, 0.1) is 25.0 Å². The highest BCUT2D eigenvalue weighted by Crippen LogP contribution is 2.31. The van der Waals surface area contributed by atoms with Crippen LogP contribution in [0.25, 0.3) is 0 Å². The molecule has 1 aliphatic heterocycles. The van der Waals surface area contributed by atoms with Gasteiger partial charge in [0.15, 0.2) is 0 Å². The largest absolute Gasteiger partial charge is 0.417 e. The molecule has 4 rings (SSSR count). The molecule has 0 unspecified atom stereocenters. The molecule has 3 aromatic rings. The summed E-state index contributed by atoms with van der Waals surface area (Å²) in [6, 6.07) is 14.5. The van der Waals surface area contributed by atoms with Gasteiger partial charge in [-0.1, -0.05) is 36.4 Å². The van der Waals surface area contributed by atoms with Gasteiger partial charge in [-0.05, 0) is 18.2 Å². The number of hydrogen-bond acceptors (Lipinski definition) is 8. The van der Waals surface area contributed by atoms with Crippen LogP contribution in [-0.4, -0.2) is 47.5 Å². The maximum Gasteiger partial charge on any atom is 0.417 e. The Bertz CT molecular complexity index is 1070. The first kappa shape index (κ1) is 21.5. The smallest absolute Gasteiger partial charge is 0.378 e. The number of rotatable bonds is 6. The zero-order valence-corrected chi connectivity index (χ0v) is 16.9. The molecule has 1 fully saturated rings. The number of morpholine rings is 1. The molecule has 0 bridgehead atoms. The normalized spacial score (nSPS) is 14.5. The van der Waals surface area contributed by atoms with Gasteiger partial charge in [-0.15, -0.1) is 0 Å². The van der Waals surface area contributed by atoms with Crippen LogP contribution in [-0.2, 0) is 10.9 Å². The van der Waals surface area contributed by atoms with Crippen molar-refractivity contribution in [3.63, 3.8) is 0 Å². The van der Waals surface area contributed by atoms with E-state index in [9.17, 15) is 13.2 Å². The third-order valence-electron chi connectivity index (χ3n) is 4.58. The van der Waals surface area contributed by atoms with Crippen LogP contribution < -0.4 is 15.6 Å². The van der Waals surface area contributed by atoms with Gasteiger partial charge in [0, 0.05) is 24.3 Å². The van der Waals surface area contributed by atoms with Crippen LogP contribution in [0.5, 0.6) is 0 Å². The van der Waals surface area contributed by atoms with E-state index in [2.05, 4.69) is 30.8 Å². The molecule has 2 heterocycles. The number of aromatic nitrogens is 3. The Morgan fingerprint density at radius 3 is 2.34 bits per heavy atom. The minimum Gasteiger partial charge on any atom is -0.378 e. The zero-order valence-electron chi connectivity index (χ0n) is 16.9. The van der Waals surface area contributed by atoms with Gasteiger partial charge in [0.1, 0.15) is 0 Å². The second-order valence-electron chi connectivity index (χ2n) is 6.83. The number of para-hydroxylation sites is 1. The van der Waals surface area contributed by atoms with Crippen LogP contribution in [0.1, 0.15) is 11.1 Å². The molecular weight excluding hydrogens is 423 g/mol. The highest BCUT2D eigenvalue weighted by atomic mass is 19.4. The fourth-order valence-corrected chi connectivity index (χ4v) is 3.05. The summed E-state index contributed by atoms with van der Waals surface area (Å²) in [5.41, 5.74) is 2.55. The van der Waals surface area contributed by atoms with E-state index in [1.165, 1.54) is 18.2 Å². The van der Waals surface area contributed by atoms with Crippen molar-refractivity contribution in [2.45, 2.75) is 6.18 Å². The van der Waals surface area contributed by atoms with Crippen molar-refractivity contribution in [1.82, 2.24) is 15.0 Å². The van der Waals surface area contributed by atoms with Crippen LogP contribution in [0.15, 0.2) is 59.7 Å². The van der Waals surface area contributed by atoms with Crippen molar-refractivity contribution >= 4 is 29.7 Å². The van der Waals surface area contributed by atoms with E-state index in [1.54, 1.807) is 0 Å². The van der Waals surface area contributed by atoms with Gasteiger partial charge in [0.2, 0.25) is 17.8 Å². The summed E-state index contributed by atoms with van der Waals surface area (Å²) in [5, 5.41) is 7.02. The molecule has 11 heteroatoms. The molecule has 166 valence electrons. The lowest BCUT2D eigenvalue weighted by Crippen LogP contribution is -2.37. The van der Waals surface area contributed by atoms with E-state index in [0.29, 0.717) is 32.3 Å². The highest BCUT2D eigenvalue weighted by molar-refractivity contribution is 5.82. The summed E-state index contributed by atoms with van der Waals surface area (Å²) in [6.07, 6.45) is -3.39. The Morgan fingerprint density at radius 2 is 1.59 bits per heavy atom. The maximum atomic E-state index is 13.2. The minimum absolute atomic E-state index is 0.0717. The summed E-state index contributed by atoms with van der Waals surface area (Å²) in [6.45, 7) is 2.30. The van der Waals surface area contributed by atoms with Crippen LogP contribution in [0.2, 0.25) is 0 Å². The lowest BCUT2D eigenvalue weighted by molar-refractivity contribution is -0.137. The molecule has 2 aromatic carbocycles. The molecule has 1 aliphatic rings. The monoisotopic (exact) mass is 443 g/mol. The van der Waals surface area contributed by atoms with Gasteiger partial charge >= 0.3 is 6.18 Å². The lowest BCUT2D eigenvalue weighted by Gasteiger charge is -2.27. The molecule has 0 spiro atoms. The number of nitrogens with zero attached hydrogens (tertiary/aromatic N) is 5. The van der Waals surface area contributed by atoms with Crippen LogP contribution in [0.3, 0.4) is 0 Å². The van der Waals surface area contributed by atoms with E-state index < -0.39 is 11.7 Å². The Balaban J connectivity index is 1.58. The first-order valence-electron chi connectivity index (χ1n) is 9.85. The van der Waals surface area contributed by atoms with Crippen LogP contribution in [0, 0.1) is 0 Å². The van der Waals surface area contributed by atoms with Gasteiger partial charge in [-0.25, -0.2) is 5.43 Å². The van der Waals surface area contributed by atoms with E-state index in [-0.39, 0.29) is 17.5 Å². The SMILES string of the molecule is FC(F)(F)c1ccccc1C=NNc1nc(Nc2ccccc2)nc(N2CCOCC2)n1. The predicted octanol–water partition coefficient (Wildman–Crippen LogP) is 3.92. The molecule has 0 atom stereocenters.